The average molecular weight is 239 g/mol. The van der Waals surface area contributed by atoms with Gasteiger partial charge in [0.15, 0.2) is 0 Å². The maximum atomic E-state index is 11.2. The van der Waals surface area contributed by atoms with Gasteiger partial charge in [-0.1, -0.05) is 6.92 Å². The van der Waals surface area contributed by atoms with Crippen molar-refractivity contribution in [1.82, 2.24) is 14.5 Å². The molecule has 0 aliphatic carbocycles. The smallest absolute Gasteiger partial charge is 0.310 e. The monoisotopic (exact) mass is 239 g/mol. The summed E-state index contributed by atoms with van der Waals surface area (Å²) in [7, 11) is 3.86. The standard InChI is InChI=1S/C12H21N3O2/c1-5-12(2,11(16)17)9-14(3)8-10-13-6-7-15(10)4/h6-7H,5,8-9H2,1-4H3,(H,16,17). The van der Waals surface area contributed by atoms with Crippen LogP contribution in [0.2, 0.25) is 0 Å². The number of aromatic nitrogens is 2. The Kier molecular flexibility index (Phi) is 4.28. The molecule has 17 heavy (non-hydrogen) atoms. The first-order valence-corrected chi connectivity index (χ1v) is 5.77. The van der Waals surface area contributed by atoms with E-state index >= 15 is 0 Å². The number of hydrogen-bond acceptors (Lipinski definition) is 3. The molecule has 1 atom stereocenters. The van der Waals surface area contributed by atoms with Gasteiger partial charge in [-0.15, -0.1) is 0 Å². The second kappa shape index (κ2) is 5.31. The lowest BCUT2D eigenvalue weighted by Crippen LogP contribution is -2.39. The fourth-order valence-corrected chi connectivity index (χ4v) is 1.77. The number of aliphatic carboxylic acids is 1. The van der Waals surface area contributed by atoms with E-state index in [9.17, 15) is 9.90 Å². The number of hydrogen-bond donors (Lipinski definition) is 1. The summed E-state index contributed by atoms with van der Waals surface area (Å²) in [4.78, 5) is 17.4. The van der Waals surface area contributed by atoms with Crippen molar-refractivity contribution in [3.05, 3.63) is 18.2 Å². The van der Waals surface area contributed by atoms with Gasteiger partial charge in [0.1, 0.15) is 5.82 Å². The van der Waals surface area contributed by atoms with Gasteiger partial charge >= 0.3 is 5.97 Å². The Morgan fingerprint density at radius 2 is 2.29 bits per heavy atom. The van der Waals surface area contributed by atoms with Crippen LogP contribution in [0.5, 0.6) is 0 Å². The summed E-state index contributed by atoms with van der Waals surface area (Å²) in [5.74, 6) is 0.197. The number of carboxylic acid groups (broad SMARTS) is 1. The van der Waals surface area contributed by atoms with Crippen LogP contribution in [0.3, 0.4) is 0 Å². The van der Waals surface area contributed by atoms with Crippen molar-refractivity contribution in [1.29, 1.82) is 0 Å². The van der Waals surface area contributed by atoms with Gasteiger partial charge in [0, 0.05) is 26.0 Å². The maximum Gasteiger partial charge on any atom is 0.310 e. The number of nitrogens with zero attached hydrogens (tertiary/aromatic N) is 3. The van der Waals surface area contributed by atoms with Gasteiger partial charge in [-0.3, -0.25) is 9.69 Å². The highest BCUT2D eigenvalue weighted by Crippen LogP contribution is 2.22. The zero-order chi connectivity index (χ0) is 13.1. The topological polar surface area (TPSA) is 58.4 Å². The van der Waals surface area contributed by atoms with E-state index in [-0.39, 0.29) is 0 Å². The molecule has 0 fully saturated rings. The molecule has 0 radical (unpaired) electrons. The Hall–Kier alpha value is -1.36. The Bertz CT molecular complexity index is 389. The lowest BCUT2D eigenvalue weighted by Gasteiger charge is -2.28. The molecule has 0 spiro atoms. The largest absolute Gasteiger partial charge is 0.481 e. The average Bonchev–Trinajstić information content (AvgIpc) is 2.63. The van der Waals surface area contributed by atoms with Crippen LogP contribution in [0.1, 0.15) is 26.1 Å². The van der Waals surface area contributed by atoms with Crippen molar-refractivity contribution in [3.63, 3.8) is 0 Å². The lowest BCUT2D eigenvalue weighted by atomic mass is 9.87. The summed E-state index contributed by atoms with van der Waals surface area (Å²) < 4.78 is 1.94. The molecule has 1 unspecified atom stereocenters. The molecule has 5 heteroatoms. The molecule has 0 aliphatic heterocycles. The third-order valence-electron chi connectivity index (χ3n) is 3.25. The summed E-state index contributed by atoms with van der Waals surface area (Å²) in [5, 5.41) is 9.21. The molecule has 1 N–H and O–H groups in total. The van der Waals surface area contributed by atoms with Gasteiger partial charge in [0.05, 0.1) is 12.0 Å². The van der Waals surface area contributed by atoms with E-state index in [1.165, 1.54) is 0 Å². The Morgan fingerprint density at radius 1 is 1.65 bits per heavy atom. The number of carbonyl (C=O) groups is 1. The summed E-state index contributed by atoms with van der Waals surface area (Å²) in [6, 6.07) is 0. The number of aryl methyl sites for hydroxylation is 1. The van der Waals surface area contributed by atoms with E-state index in [1.807, 2.05) is 36.7 Å². The van der Waals surface area contributed by atoms with Crippen molar-refractivity contribution >= 4 is 5.97 Å². The SMILES string of the molecule is CCC(C)(CN(C)Cc1nccn1C)C(=O)O. The Labute approximate surface area is 102 Å². The Balaban J connectivity index is 2.63. The van der Waals surface area contributed by atoms with Crippen LogP contribution < -0.4 is 0 Å². The molecular weight excluding hydrogens is 218 g/mol. The van der Waals surface area contributed by atoms with Crippen molar-refractivity contribution in [2.75, 3.05) is 13.6 Å². The minimum absolute atomic E-state index is 0.520. The molecule has 96 valence electrons. The molecule has 0 saturated carbocycles. The molecule has 1 rings (SSSR count). The van der Waals surface area contributed by atoms with Crippen molar-refractivity contribution in [2.24, 2.45) is 12.5 Å². The minimum Gasteiger partial charge on any atom is -0.481 e. The van der Waals surface area contributed by atoms with Gasteiger partial charge in [0.2, 0.25) is 0 Å². The fraction of sp³-hybridized carbons (Fsp3) is 0.667. The molecule has 0 aliphatic rings. The first kappa shape index (κ1) is 13.7. The van der Waals surface area contributed by atoms with Crippen LogP contribution in [-0.4, -0.2) is 39.1 Å². The second-order valence-corrected chi connectivity index (χ2v) is 4.85. The Morgan fingerprint density at radius 3 is 2.71 bits per heavy atom. The van der Waals surface area contributed by atoms with Gasteiger partial charge in [0.25, 0.3) is 0 Å². The molecule has 1 aromatic heterocycles. The van der Waals surface area contributed by atoms with Crippen molar-refractivity contribution in [2.45, 2.75) is 26.8 Å². The maximum absolute atomic E-state index is 11.2. The van der Waals surface area contributed by atoms with E-state index in [1.54, 1.807) is 13.1 Å². The van der Waals surface area contributed by atoms with Crippen LogP contribution in [0, 0.1) is 5.41 Å². The van der Waals surface area contributed by atoms with Crippen molar-refractivity contribution in [3.8, 4) is 0 Å². The van der Waals surface area contributed by atoms with E-state index < -0.39 is 11.4 Å². The normalized spacial score (nSPS) is 14.9. The quantitative estimate of drug-likeness (QED) is 0.814. The predicted molar refractivity (Wildman–Crippen MR) is 65.6 cm³/mol. The van der Waals surface area contributed by atoms with Crippen LogP contribution in [-0.2, 0) is 18.4 Å². The van der Waals surface area contributed by atoms with Crippen LogP contribution in [0.4, 0.5) is 0 Å². The van der Waals surface area contributed by atoms with Crippen LogP contribution in [0.15, 0.2) is 12.4 Å². The first-order chi connectivity index (χ1) is 7.89. The molecule has 0 bridgehead atoms. The number of carboxylic acids is 1. The zero-order valence-corrected chi connectivity index (χ0v) is 11.0. The third kappa shape index (κ3) is 3.30. The molecule has 5 nitrogen and oxygen atoms in total. The lowest BCUT2D eigenvalue weighted by molar-refractivity contribution is -0.149. The second-order valence-electron chi connectivity index (χ2n) is 4.85. The highest BCUT2D eigenvalue weighted by Gasteiger charge is 2.32. The van der Waals surface area contributed by atoms with E-state index in [2.05, 4.69) is 4.98 Å². The van der Waals surface area contributed by atoms with Crippen LogP contribution >= 0.6 is 0 Å². The first-order valence-electron chi connectivity index (χ1n) is 5.77. The van der Waals surface area contributed by atoms with E-state index in [4.69, 9.17) is 0 Å². The minimum atomic E-state index is -0.744. The number of rotatable bonds is 6. The molecule has 0 aromatic carbocycles. The summed E-state index contributed by atoms with van der Waals surface area (Å²) in [5.41, 5.74) is -0.695. The van der Waals surface area contributed by atoms with Gasteiger partial charge in [-0.25, -0.2) is 4.98 Å². The number of imidazole rings is 1. The molecule has 0 saturated heterocycles. The molecular formula is C12H21N3O2. The highest BCUT2D eigenvalue weighted by atomic mass is 16.4. The van der Waals surface area contributed by atoms with Crippen LogP contribution in [0.25, 0.3) is 0 Å². The predicted octanol–water partition coefficient (Wildman–Crippen LogP) is 1.35. The summed E-state index contributed by atoms with van der Waals surface area (Å²) in [6.45, 7) is 4.87. The van der Waals surface area contributed by atoms with Gasteiger partial charge in [-0.05, 0) is 20.4 Å². The van der Waals surface area contributed by atoms with Gasteiger partial charge < -0.3 is 9.67 Å². The van der Waals surface area contributed by atoms with Crippen molar-refractivity contribution < 1.29 is 9.90 Å². The van der Waals surface area contributed by atoms with E-state index in [0.29, 0.717) is 19.5 Å². The molecule has 1 heterocycles. The molecule has 1 aromatic rings. The summed E-state index contributed by atoms with van der Waals surface area (Å²) >= 11 is 0. The fourth-order valence-electron chi connectivity index (χ4n) is 1.77. The zero-order valence-electron chi connectivity index (χ0n) is 11.0. The summed E-state index contributed by atoms with van der Waals surface area (Å²) in [6.07, 6.45) is 4.26. The molecule has 0 amide bonds. The third-order valence-corrected chi connectivity index (χ3v) is 3.25. The van der Waals surface area contributed by atoms with Gasteiger partial charge in [-0.2, -0.15) is 0 Å². The van der Waals surface area contributed by atoms with E-state index in [0.717, 1.165) is 5.82 Å². The highest BCUT2D eigenvalue weighted by molar-refractivity contribution is 5.74.